The van der Waals surface area contributed by atoms with E-state index in [2.05, 4.69) is 15.5 Å². The molecule has 0 aliphatic rings. The van der Waals surface area contributed by atoms with E-state index in [1.54, 1.807) is 6.07 Å². The molecule has 3 N–H and O–H groups in total. The minimum Gasteiger partial charge on any atom is -0.382 e. The molecule has 1 aromatic heterocycles. The van der Waals surface area contributed by atoms with Crippen LogP contribution in [-0.2, 0) is 0 Å². The third kappa shape index (κ3) is 4.06. The highest BCUT2D eigenvalue weighted by Gasteiger charge is 2.07. The molecule has 0 radical (unpaired) electrons. The number of nitrogens with two attached hydrogens (primary N) is 1. The number of hydrogen-bond donors (Lipinski definition) is 2. The number of benzene rings is 1. The fourth-order valence-electron chi connectivity index (χ4n) is 1.71. The molecule has 2 rings (SSSR count). The summed E-state index contributed by atoms with van der Waals surface area (Å²) in [5, 5.41) is 11.1. The summed E-state index contributed by atoms with van der Waals surface area (Å²) in [7, 11) is 0. The third-order valence-corrected chi connectivity index (χ3v) is 3.18. The Hall–Kier alpha value is -1.36. The van der Waals surface area contributed by atoms with Crippen LogP contribution in [0.2, 0.25) is 10.3 Å². The van der Waals surface area contributed by atoms with Gasteiger partial charge in [-0.05, 0) is 12.0 Å². The van der Waals surface area contributed by atoms with Gasteiger partial charge in [0.05, 0.1) is 5.69 Å². The van der Waals surface area contributed by atoms with E-state index in [1.165, 1.54) is 0 Å². The van der Waals surface area contributed by atoms with Crippen LogP contribution in [0.25, 0.3) is 0 Å². The molecule has 0 fully saturated rings. The molecule has 1 atom stereocenters. The van der Waals surface area contributed by atoms with E-state index in [-0.39, 0.29) is 6.04 Å². The highest BCUT2D eigenvalue weighted by molar-refractivity contribution is 6.33. The Kier molecular flexibility index (Phi) is 4.96. The first-order valence-electron chi connectivity index (χ1n) is 5.90. The zero-order valence-corrected chi connectivity index (χ0v) is 11.7. The van der Waals surface area contributed by atoms with Gasteiger partial charge in [0.1, 0.15) is 0 Å². The van der Waals surface area contributed by atoms with E-state index in [0.29, 0.717) is 22.5 Å². The molecule has 19 heavy (non-hydrogen) atoms. The standard InChI is InChI=1S/C13H14Cl2N4/c14-12-8-11(13(15)19-18-12)17-7-6-10(16)9-4-2-1-3-5-9/h1-5,8,10H,6-7,16H2,(H,17,18). The van der Waals surface area contributed by atoms with E-state index in [4.69, 9.17) is 28.9 Å². The van der Waals surface area contributed by atoms with Gasteiger partial charge in [-0.15, -0.1) is 10.2 Å². The summed E-state index contributed by atoms with van der Waals surface area (Å²) < 4.78 is 0. The molecule has 0 spiro atoms. The van der Waals surface area contributed by atoms with Gasteiger partial charge >= 0.3 is 0 Å². The first-order chi connectivity index (χ1) is 9.16. The largest absolute Gasteiger partial charge is 0.382 e. The Labute approximate surface area is 121 Å². The van der Waals surface area contributed by atoms with Crippen LogP contribution in [0.5, 0.6) is 0 Å². The van der Waals surface area contributed by atoms with Crippen LogP contribution in [0, 0.1) is 0 Å². The van der Waals surface area contributed by atoms with Crippen molar-refractivity contribution >= 4 is 28.9 Å². The molecule has 6 heteroatoms. The summed E-state index contributed by atoms with van der Waals surface area (Å²) in [4.78, 5) is 0. The van der Waals surface area contributed by atoms with Gasteiger partial charge < -0.3 is 11.1 Å². The maximum atomic E-state index is 6.10. The molecule has 1 aromatic carbocycles. The third-order valence-electron chi connectivity index (χ3n) is 2.72. The lowest BCUT2D eigenvalue weighted by atomic mass is 10.1. The Balaban J connectivity index is 1.88. The molecule has 0 saturated carbocycles. The number of halogens is 2. The predicted octanol–water partition coefficient (Wildman–Crippen LogP) is 3.29. The number of aromatic nitrogens is 2. The minimum absolute atomic E-state index is 0.0160. The lowest BCUT2D eigenvalue weighted by molar-refractivity contribution is 0.675. The van der Waals surface area contributed by atoms with Gasteiger partial charge in [0.2, 0.25) is 0 Å². The second-order valence-electron chi connectivity index (χ2n) is 4.10. The van der Waals surface area contributed by atoms with Gasteiger partial charge in [0.15, 0.2) is 10.3 Å². The maximum absolute atomic E-state index is 6.10. The van der Waals surface area contributed by atoms with Crippen molar-refractivity contribution in [3.8, 4) is 0 Å². The first kappa shape index (κ1) is 14.1. The van der Waals surface area contributed by atoms with Crippen molar-refractivity contribution in [3.05, 3.63) is 52.3 Å². The molecule has 0 aliphatic carbocycles. The minimum atomic E-state index is -0.0160. The van der Waals surface area contributed by atoms with Gasteiger partial charge in [-0.2, -0.15) is 0 Å². The zero-order chi connectivity index (χ0) is 13.7. The topological polar surface area (TPSA) is 63.8 Å². The zero-order valence-electron chi connectivity index (χ0n) is 10.2. The summed E-state index contributed by atoms with van der Waals surface area (Å²) in [6.07, 6.45) is 0.778. The van der Waals surface area contributed by atoms with Crippen molar-refractivity contribution in [2.45, 2.75) is 12.5 Å². The molecular weight excluding hydrogens is 283 g/mol. The lowest BCUT2D eigenvalue weighted by Crippen LogP contribution is -2.15. The van der Waals surface area contributed by atoms with Crippen molar-refractivity contribution in [3.63, 3.8) is 0 Å². The van der Waals surface area contributed by atoms with Crippen molar-refractivity contribution in [1.82, 2.24) is 10.2 Å². The summed E-state index contributed by atoms with van der Waals surface area (Å²) in [5.41, 5.74) is 7.88. The van der Waals surface area contributed by atoms with Crippen molar-refractivity contribution < 1.29 is 0 Å². The Bertz CT molecular complexity index is 533. The van der Waals surface area contributed by atoms with Gasteiger partial charge in [-0.25, -0.2) is 0 Å². The smallest absolute Gasteiger partial charge is 0.174 e. The summed E-state index contributed by atoms with van der Waals surface area (Å²) in [5.74, 6) is 0. The van der Waals surface area contributed by atoms with Gasteiger partial charge in [0.25, 0.3) is 0 Å². The van der Waals surface area contributed by atoms with Crippen LogP contribution in [0.1, 0.15) is 18.0 Å². The second-order valence-corrected chi connectivity index (χ2v) is 4.85. The van der Waals surface area contributed by atoms with Crippen LogP contribution in [0.4, 0.5) is 5.69 Å². The van der Waals surface area contributed by atoms with E-state index < -0.39 is 0 Å². The van der Waals surface area contributed by atoms with E-state index in [0.717, 1.165) is 12.0 Å². The Morgan fingerprint density at radius 2 is 1.89 bits per heavy atom. The van der Waals surface area contributed by atoms with Crippen LogP contribution in [0.3, 0.4) is 0 Å². The quantitative estimate of drug-likeness (QED) is 0.889. The second kappa shape index (κ2) is 6.70. The maximum Gasteiger partial charge on any atom is 0.174 e. The molecule has 1 heterocycles. The SMILES string of the molecule is NC(CCNc1cc(Cl)nnc1Cl)c1ccccc1. The summed E-state index contributed by atoms with van der Waals surface area (Å²) in [6.45, 7) is 0.678. The normalized spacial score (nSPS) is 12.2. The lowest BCUT2D eigenvalue weighted by Gasteiger charge is -2.13. The fraction of sp³-hybridized carbons (Fsp3) is 0.231. The summed E-state index contributed by atoms with van der Waals surface area (Å²) in [6, 6.07) is 11.6. The number of rotatable bonds is 5. The van der Waals surface area contributed by atoms with Crippen LogP contribution < -0.4 is 11.1 Å². The summed E-state index contributed by atoms with van der Waals surface area (Å²) >= 11 is 11.7. The van der Waals surface area contributed by atoms with Gasteiger partial charge in [-0.1, -0.05) is 53.5 Å². The predicted molar refractivity (Wildman–Crippen MR) is 78.5 cm³/mol. The van der Waals surface area contributed by atoms with Crippen LogP contribution >= 0.6 is 23.2 Å². The molecule has 0 saturated heterocycles. The molecule has 1 unspecified atom stereocenters. The molecular formula is C13H14Cl2N4. The first-order valence-corrected chi connectivity index (χ1v) is 6.65. The van der Waals surface area contributed by atoms with Crippen LogP contribution in [-0.4, -0.2) is 16.7 Å². The Morgan fingerprint density at radius 1 is 1.16 bits per heavy atom. The molecule has 0 aliphatic heterocycles. The Morgan fingerprint density at radius 3 is 2.63 bits per heavy atom. The number of nitrogens with one attached hydrogen (secondary N) is 1. The molecule has 4 nitrogen and oxygen atoms in total. The monoisotopic (exact) mass is 296 g/mol. The fourth-order valence-corrected chi connectivity index (χ4v) is 2.01. The highest BCUT2D eigenvalue weighted by atomic mass is 35.5. The molecule has 0 bridgehead atoms. The number of nitrogens with zero attached hydrogens (tertiary/aromatic N) is 2. The molecule has 100 valence electrons. The van der Waals surface area contributed by atoms with Crippen molar-refractivity contribution in [2.75, 3.05) is 11.9 Å². The molecule has 2 aromatic rings. The van der Waals surface area contributed by atoms with E-state index in [1.807, 2.05) is 30.3 Å². The van der Waals surface area contributed by atoms with Gasteiger partial charge in [0, 0.05) is 18.7 Å². The van der Waals surface area contributed by atoms with Crippen LogP contribution in [0.15, 0.2) is 36.4 Å². The van der Waals surface area contributed by atoms with E-state index >= 15 is 0 Å². The van der Waals surface area contributed by atoms with Gasteiger partial charge in [-0.3, -0.25) is 0 Å². The average molecular weight is 297 g/mol. The number of anilines is 1. The highest BCUT2D eigenvalue weighted by Crippen LogP contribution is 2.21. The van der Waals surface area contributed by atoms with Crippen molar-refractivity contribution in [2.24, 2.45) is 5.73 Å². The average Bonchev–Trinajstić information content (AvgIpc) is 2.43. The number of hydrogen-bond acceptors (Lipinski definition) is 4. The van der Waals surface area contributed by atoms with Crippen molar-refractivity contribution in [1.29, 1.82) is 0 Å². The molecule has 0 amide bonds. The van der Waals surface area contributed by atoms with E-state index in [9.17, 15) is 0 Å².